The Balaban J connectivity index is 2.52. The van der Waals surface area contributed by atoms with Crippen LogP contribution >= 0.6 is 0 Å². The van der Waals surface area contributed by atoms with Gasteiger partial charge in [0.25, 0.3) is 0 Å². The highest BCUT2D eigenvalue weighted by molar-refractivity contribution is 5.96. The predicted molar refractivity (Wildman–Crippen MR) is 47.4 cm³/mol. The molecule has 0 unspecified atom stereocenters. The van der Waals surface area contributed by atoms with E-state index in [2.05, 4.69) is 5.32 Å². The van der Waals surface area contributed by atoms with Crippen LogP contribution in [0.3, 0.4) is 0 Å². The summed E-state index contributed by atoms with van der Waals surface area (Å²) >= 11 is 0. The zero-order valence-corrected chi connectivity index (χ0v) is 6.91. The lowest BCUT2D eigenvalue weighted by Crippen LogP contribution is -2.20. The lowest BCUT2D eigenvalue weighted by molar-refractivity contribution is 0.0697. The quantitative estimate of drug-likeness (QED) is 0.679. The van der Waals surface area contributed by atoms with E-state index in [1.807, 2.05) is 0 Å². The first-order valence-electron chi connectivity index (χ1n) is 4.02. The Bertz CT molecular complexity index is 349. The largest absolute Gasteiger partial charge is 0.490 e. The van der Waals surface area contributed by atoms with Gasteiger partial charge >= 0.3 is 5.97 Å². The monoisotopic (exact) mass is 179 g/mol. The average Bonchev–Trinajstić information content (AvgIpc) is 2.17. The van der Waals surface area contributed by atoms with Crippen LogP contribution in [0.5, 0.6) is 5.75 Å². The van der Waals surface area contributed by atoms with E-state index in [0.29, 0.717) is 24.6 Å². The Morgan fingerprint density at radius 2 is 2.38 bits per heavy atom. The van der Waals surface area contributed by atoms with E-state index in [0.717, 1.165) is 0 Å². The summed E-state index contributed by atoms with van der Waals surface area (Å²) in [6.07, 6.45) is 0. The summed E-state index contributed by atoms with van der Waals surface area (Å²) in [5, 5.41) is 11.9. The van der Waals surface area contributed by atoms with Gasteiger partial charge in [-0.2, -0.15) is 0 Å². The Morgan fingerprint density at radius 3 is 3.15 bits per heavy atom. The summed E-state index contributed by atoms with van der Waals surface area (Å²) in [5.41, 5.74) is 0.846. The molecule has 4 heteroatoms. The Labute approximate surface area is 75.1 Å². The van der Waals surface area contributed by atoms with E-state index in [4.69, 9.17) is 9.84 Å². The number of ether oxygens (including phenoxy) is 1. The molecule has 13 heavy (non-hydrogen) atoms. The number of hydrogen-bond acceptors (Lipinski definition) is 3. The maximum atomic E-state index is 10.8. The summed E-state index contributed by atoms with van der Waals surface area (Å²) in [4.78, 5) is 10.8. The van der Waals surface area contributed by atoms with Crippen molar-refractivity contribution in [1.29, 1.82) is 0 Å². The van der Waals surface area contributed by atoms with E-state index < -0.39 is 5.97 Å². The van der Waals surface area contributed by atoms with Crippen LogP contribution in [0.4, 0.5) is 5.69 Å². The maximum Gasteiger partial charge on any atom is 0.337 e. The van der Waals surface area contributed by atoms with Crippen LogP contribution in [0.25, 0.3) is 0 Å². The van der Waals surface area contributed by atoms with Crippen LogP contribution in [0.1, 0.15) is 10.4 Å². The van der Waals surface area contributed by atoms with Gasteiger partial charge in [-0.15, -0.1) is 0 Å². The Kier molecular flexibility index (Phi) is 1.81. The smallest absolute Gasteiger partial charge is 0.337 e. The minimum atomic E-state index is -0.935. The van der Waals surface area contributed by atoms with Gasteiger partial charge in [0.15, 0.2) is 0 Å². The second kappa shape index (κ2) is 2.97. The molecule has 0 aromatic heterocycles. The van der Waals surface area contributed by atoms with Crippen molar-refractivity contribution in [1.82, 2.24) is 0 Å². The Hall–Kier alpha value is -1.71. The summed E-state index contributed by atoms with van der Waals surface area (Å²) in [6.45, 7) is 1.23. The fraction of sp³-hybridized carbons (Fsp3) is 0.222. The van der Waals surface area contributed by atoms with Crippen molar-refractivity contribution in [3.05, 3.63) is 23.8 Å². The van der Waals surface area contributed by atoms with E-state index in [-0.39, 0.29) is 5.56 Å². The van der Waals surface area contributed by atoms with Crippen molar-refractivity contribution in [2.75, 3.05) is 18.5 Å². The first-order valence-corrected chi connectivity index (χ1v) is 4.02. The molecule has 1 aliphatic heterocycles. The molecule has 0 spiro atoms. The van der Waals surface area contributed by atoms with Gasteiger partial charge in [-0.05, 0) is 12.1 Å². The zero-order valence-electron chi connectivity index (χ0n) is 6.91. The number of carbonyl (C=O) groups is 1. The molecular formula is C9H9NO3. The molecule has 0 saturated heterocycles. The number of anilines is 1. The van der Waals surface area contributed by atoms with E-state index in [1.165, 1.54) is 0 Å². The molecule has 0 atom stereocenters. The number of benzene rings is 1. The fourth-order valence-electron chi connectivity index (χ4n) is 1.35. The topological polar surface area (TPSA) is 58.6 Å². The molecule has 2 rings (SSSR count). The molecule has 1 aliphatic rings. The third kappa shape index (κ3) is 1.30. The summed E-state index contributed by atoms with van der Waals surface area (Å²) < 4.78 is 5.29. The number of rotatable bonds is 1. The third-order valence-electron chi connectivity index (χ3n) is 1.92. The van der Waals surface area contributed by atoms with Gasteiger partial charge in [0.2, 0.25) is 0 Å². The number of hydrogen-bond donors (Lipinski definition) is 2. The SMILES string of the molecule is O=C(O)c1cccc2c1NCCO2. The highest BCUT2D eigenvalue weighted by atomic mass is 16.5. The molecule has 1 aromatic rings. The molecule has 2 N–H and O–H groups in total. The van der Waals surface area contributed by atoms with Crippen LogP contribution in [0.15, 0.2) is 18.2 Å². The van der Waals surface area contributed by atoms with Gasteiger partial charge in [-0.3, -0.25) is 0 Å². The molecule has 68 valence electrons. The van der Waals surface area contributed by atoms with Crippen molar-refractivity contribution in [3.8, 4) is 5.75 Å². The van der Waals surface area contributed by atoms with Crippen molar-refractivity contribution in [2.45, 2.75) is 0 Å². The highest BCUT2D eigenvalue weighted by Crippen LogP contribution is 2.30. The van der Waals surface area contributed by atoms with Crippen molar-refractivity contribution in [2.24, 2.45) is 0 Å². The molecule has 0 bridgehead atoms. The van der Waals surface area contributed by atoms with Crippen LogP contribution in [0, 0.1) is 0 Å². The second-order valence-electron chi connectivity index (χ2n) is 2.76. The van der Waals surface area contributed by atoms with Gasteiger partial charge in [-0.25, -0.2) is 4.79 Å². The minimum Gasteiger partial charge on any atom is -0.490 e. The Morgan fingerprint density at radius 1 is 1.54 bits per heavy atom. The van der Waals surface area contributed by atoms with E-state index >= 15 is 0 Å². The predicted octanol–water partition coefficient (Wildman–Crippen LogP) is 1.19. The number of fused-ring (bicyclic) bond motifs is 1. The molecular weight excluding hydrogens is 170 g/mol. The summed E-state index contributed by atoms with van der Waals surface area (Å²) in [7, 11) is 0. The molecule has 1 heterocycles. The number of nitrogens with one attached hydrogen (secondary N) is 1. The standard InChI is InChI=1S/C9H9NO3/c11-9(12)6-2-1-3-7-8(6)10-4-5-13-7/h1-3,10H,4-5H2,(H,11,12). The lowest BCUT2D eigenvalue weighted by atomic mass is 10.1. The minimum absolute atomic E-state index is 0.261. The van der Waals surface area contributed by atoms with Crippen molar-refractivity contribution < 1.29 is 14.6 Å². The van der Waals surface area contributed by atoms with E-state index in [9.17, 15) is 4.79 Å². The van der Waals surface area contributed by atoms with Gasteiger partial charge in [0.1, 0.15) is 12.4 Å². The second-order valence-corrected chi connectivity index (χ2v) is 2.76. The molecule has 0 radical (unpaired) electrons. The lowest BCUT2D eigenvalue weighted by Gasteiger charge is -2.20. The number of carboxylic acids is 1. The fourth-order valence-corrected chi connectivity index (χ4v) is 1.35. The maximum absolute atomic E-state index is 10.8. The van der Waals surface area contributed by atoms with Crippen molar-refractivity contribution in [3.63, 3.8) is 0 Å². The third-order valence-corrected chi connectivity index (χ3v) is 1.92. The molecule has 0 fully saturated rings. The van der Waals surface area contributed by atoms with Crippen LogP contribution in [-0.4, -0.2) is 24.2 Å². The van der Waals surface area contributed by atoms with Crippen molar-refractivity contribution >= 4 is 11.7 Å². The summed E-state index contributed by atoms with van der Waals surface area (Å²) in [5.74, 6) is -0.319. The first-order chi connectivity index (χ1) is 6.29. The van der Waals surface area contributed by atoms with Crippen LogP contribution < -0.4 is 10.1 Å². The molecule has 1 aromatic carbocycles. The highest BCUT2D eigenvalue weighted by Gasteiger charge is 2.17. The number of aromatic carboxylic acids is 1. The molecule has 0 amide bonds. The summed E-state index contributed by atoms with van der Waals surface area (Å²) in [6, 6.07) is 4.99. The molecule has 4 nitrogen and oxygen atoms in total. The van der Waals surface area contributed by atoms with Gasteiger partial charge in [0.05, 0.1) is 11.3 Å². The van der Waals surface area contributed by atoms with E-state index in [1.54, 1.807) is 18.2 Å². The van der Waals surface area contributed by atoms with Gasteiger partial charge in [-0.1, -0.05) is 6.07 Å². The normalized spacial score (nSPS) is 13.8. The van der Waals surface area contributed by atoms with Gasteiger partial charge < -0.3 is 15.2 Å². The molecule has 0 aliphatic carbocycles. The number of carboxylic acid groups (broad SMARTS) is 1. The van der Waals surface area contributed by atoms with Crippen LogP contribution in [0.2, 0.25) is 0 Å². The van der Waals surface area contributed by atoms with Crippen LogP contribution in [-0.2, 0) is 0 Å². The molecule has 0 saturated carbocycles. The average molecular weight is 179 g/mol. The van der Waals surface area contributed by atoms with Gasteiger partial charge in [0, 0.05) is 6.54 Å². The zero-order chi connectivity index (χ0) is 9.26. The first kappa shape index (κ1) is 7.91. The number of para-hydroxylation sites is 1.